The fourth-order valence-electron chi connectivity index (χ4n) is 4.09. The molecule has 0 saturated carbocycles. The van der Waals surface area contributed by atoms with Crippen molar-refractivity contribution in [1.82, 2.24) is 0 Å². The lowest BCUT2D eigenvalue weighted by molar-refractivity contribution is 0.104. The second kappa shape index (κ2) is 6.75. The summed E-state index contributed by atoms with van der Waals surface area (Å²) >= 11 is 0. The number of rotatable bonds is 4. The Morgan fingerprint density at radius 2 is 1.34 bits per heavy atom. The molecule has 0 heterocycles. The first-order valence-corrected chi connectivity index (χ1v) is 9.78. The zero-order valence-corrected chi connectivity index (χ0v) is 16.5. The van der Waals surface area contributed by atoms with E-state index in [4.69, 9.17) is 0 Å². The summed E-state index contributed by atoms with van der Waals surface area (Å²) in [5.41, 5.74) is 2.84. The van der Waals surface area contributed by atoms with E-state index in [1.54, 1.807) is 6.08 Å². The molecule has 0 atom stereocenters. The molecule has 0 fully saturated rings. The predicted octanol–water partition coefficient (Wildman–Crippen LogP) is 6.55. The molecule has 2 heteroatoms. The standard InChI is InChI=1S/C27H21NO/c1-28(2)23-14-10-19(11-15-23)25(29)17-13-18-6-7-22-9-8-20-4-3-5-21-12-16-24(18)27(22)26(20)21/h3-17H,1-2H3. The molecule has 29 heavy (non-hydrogen) atoms. The lowest BCUT2D eigenvalue weighted by Gasteiger charge is -2.12. The Balaban J connectivity index is 1.57. The van der Waals surface area contributed by atoms with Crippen LogP contribution in [0.3, 0.4) is 0 Å². The van der Waals surface area contributed by atoms with Gasteiger partial charge < -0.3 is 4.90 Å². The number of hydrogen-bond donors (Lipinski definition) is 0. The summed E-state index contributed by atoms with van der Waals surface area (Å²) < 4.78 is 0. The maximum atomic E-state index is 12.7. The summed E-state index contributed by atoms with van der Waals surface area (Å²) in [7, 11) is 3.98. The Kier molecular flexibility index (Phi) is 4.06. The Bertz CT molecular complexity index is 1360. The molecule has 0 amide bonds. The molecule has 0 radical (unpaired) electrons. The Morgan fingerprint density at radius 3 is 2.03 bits per heavy atom. The van der Waals surface area contributed by atoms with Gasteiger partial charge in [-0.05, 0) is 68.2 Å². The summed E-state index contributed by atoms with van der Waals surface area (Å²) in [6.45, 7) is 0. The van der Waals surface area contributed by atoms with Gasteiger partial charge in [-0.25, -0.2) is 0 Å². The maximum absolute atomic E-state index is 12.7. The maximum Gasteiger partial charge on any atom is 0.185 e. The van der Waals surface area contributed by atoms with Crippen LogP contribution in [0.2, 0.25) is 0 Å². The Hall–Kier alpha value is -3.65. The minimum atomic E-state index is 0.0148. The monoisotopic (exact) mass is 375 g/mol. The molecule has 0 aliphatic heterocycles. The highest BCUT2D eigenvalue weighted by Crippen LogP contribution is 2.36. The molecule has 5 rings (SSSR count). The van der Waals surface area contributed by atoms with Crippen molar-refractivity contribution in [2.75, 3.05) is 19.0 Å². The molecule has 0 unspecified atom stereocenters. The van der Waals surface area contributed by atoms with Crippen molar-refractivity contribution in [3.63, 3.8) is 0 Å². The number of allylic oxidation sites excluding steroid dienone is 1. The molecule has 5 aromatic carbocycles. The predicted molar refractivity (Wildman–Crippen MR) is 124 cm³/mol. The normalized spacial score (nSPS) is 11.8. The van der Waals surface area contributed by atoms with Crippen molar-refractivity contribution in [2.24, 2.45) is 0 Å². The first-order valence-electron chi connectivity index (χ1n) is 9.78. The van der Waals surface area contributed by atoms with Gasteiger partial charge in [0.15, 0.2) is 5.78 Å². The molecule has 2 nitrogen and oxygen atoms in total. The minimum Gasteiger partial charge on any atom is -0.378 e. The number of anilines is 1. The summed E-state index contributed by atoms with van der Waals surface area (Å²) in [5.74, 6) is 0.0148. The summed E-state index contributed by atoms with van der Waals surface area (Å²) in [4.78, 5) is 14.7. The van der Waals surface area contributed by atoms with E-state index in [1.807, 2.05) is 49.3 Å². The topological polar surface area (TPSA) is 20.3 Å². The van der Waals surface area contributed by atoms with Crippen LogP contribution >= 0.6 is 0 Å². The van der Waals surface area contributed by atoms with Crippen molar-refractivity contribution < 1.29 is 4.79 Å². The Labute approximate surface area is 170 Å². The summed E-state index contributed by atoms with van der Waals surface area (Å²) in [5, 5.41) is 7.47. The van der Waals surface area contributed by atoms with Crippen molar-refractivity contribution >= 4 is 49.9 Å². The molecule has 0 aromatic heterocycles. The van der Waals surface area contributed by atoms with Crippen LogP contribution in [-0.4, -0.2) is 19.9 Å². The molecule has 0 aliphatic rings. The number of nitrogens with zero attached hydrogens (tertiary/aromatic N) is 1. The number of carbonyl (C=O) groups is 1. The molecule has 0 aliphatic carbocycles. The molecule has 140 valence electrons. The van der Waals surface area contributed by atoms with Gasteiger partial charge in [0.2, 0.25) is 0 Å². The van der Waals surface area contributed by atoms with Crippen molar-refractivity contribution in [2.45, 2.75) is 0 Å². The van der Waals surface area contributed by atoms with E-state index in [1.165, 1.54) is 32.3 Å². The third-order valence-corrected chi connectivity index (χ3v) is 5.64. The van der Waals surface area contributed by atoms with Gasteiger partial charge in [-0.15, -0.1) is 0 Å². The van der Waals surface area contributed by atoms with E-state index in [0.29, 0.717) is 5.56 Å². The van der Waals surface area contributed by atoms with Crippen LogP contribution in [0.5, 0.6) is 0 Å². The molecular weight excluding hydrogens is 354 g/mol. The van der Waals surface area contributed by atoms with Crippen molar-refractivity contribution in [1.29, 1.82) is 0 Å². The first-order chi connectivity index (χ1) is 14.1. The fourth-order valence-corrected chi connectivity index (χ4v) is 4.09. The second-order valence-electron chi connectivity index (χ2n) is 7.65. The van der Waals surface area contributed by atoms with Crippen LogP contribution in [0.15, 0.2) is 84.9 Å². The third-order valence-electron chi connectivity index (χ3n) is 5.64. The number of carbonyl (C=O) groups excluding carboxylic acids is 1. The van der Waals surface area contributed by atoms with E-state index in [2.05, 4.69) is 54.6 Å². The van der Waals surface area contributed by atoms with Gasteiger partial charge in [0.05, 0.1) is 0 Å². The SMILES string of the molecule is CN(C)c1ccc(C(=O)C=Cc2ccc3ccc4cccc5ccc2c3c45)cc1. The van der Waals surface area contributed by atoms with E-state index < -0.39 is 0 Å². The summed E-state index contributed by atoms with van der Waals surface area (Å²) in [6, 6.07) is 27.1. The van der Waals surface area contributed by atoms with Crippen LogP contribution in [0.25, 0.3) is 38.4 Å². The van der Waals surface area contributed by atoms with Gasteiger partial charge >= 0.3 is 0 Å². The van der Waals surface area contributed by atoms with E-state index >= 15 is 0 Å². The molecular formula is C27H21NO. The number of ketones is 1. The third kappa shape index (κ3) is 2.94. The number of benzene rings is 5. The summed E-state index contributed by atoms with van der Waals surface area (Å²) in [6.07, 6.45) is 3.62. The van der Waals surface area contributed by atoms with Gasteiger partial charge in [-0.2, -0.15) is 0 Å². The largest absolute Gasteiger partial charge is 0.378 e. The van der Waals surface area contributed by atoms with Crippen LogP contribution in [-0.2, 0) is 0 Å². The van der Waals surface area contributed by atoms with Gasteiger partial charge in [0, 0.05) is 25.3 Å². The molecule has 0 saturated heterocycles. The van der Waals surface area contributed by atoms with Gasteiger partial charge in [-0.3, -0.25) is 4.79 Å². The molecule has 0 N–H and O–H groups in total. The van der Waals surface area contributed by atoms with Gasteiger partial charge in [0.25, 0.3) is 0 Å². The van der Waals surface area contributed by atoms with Crippen LogP contribution in [0.1, 0.15) is 15.9 Å². The average molecular weight is 375 g/mol. The minimum absolute atomic E-state index is 0.0148. The lowest BCUT2D eigenvalue weighted by Crippen LogP contribution is -2.08. The zero-order chi connectivity index (χ0) is 20.0. The van der Waals surface area contributed by atoms with Crippen molar-refractivity contribution in [3.05, 3.63) is 96.1 Å². The quantitative estimate of drug-likeness (QED) is 0.202. The highest BCUT2D eigenvalue weighted by atomic mass is 16.1. The molecule has 0 bridgehead atoms. The van der Waals surface area contributed by atoms with Crippen LogP contribution < -0.4 is 4.90 Å². The second-order valence-corrected chi connectivity index (χ2v) is 7.65. The van der Waals surface area contributed by atoms with Gasteiger partial charge in [-0.1, -0.05) is 60.7 Å². The zero-order valence-electron chi connectivity index (χ0n) is 16.5. The van der Waals surface area contributed by atoms with E-state index in [0.717, 1.165) is 11.3 Å². The van der Waals surface area contributed by atoms with Crippen molar-refractivity contribution in [3.8, 4) is 0 Å². The highest BCUT2D eigenvalue weighted by molar-refractivity contribution is 6.24. The van der Waals surface area contributed by atoms with Crippen LogP contribution in [0.4, 0.5) is 5.69 Å². The van der Waals surface area contributed by atoms with Gasteiger partial charge in [0.1, 0.15) is 0 Å². The molecule has 0 spiro atoms. The Morgan fingerprint density at radius 1 is 0.724 bits per heavy atom. The van der Waals surface area contributed by atoms with E-state index in [9.17, 15) is 4.79 Å². The van der Waals surface area contributed by atoms with Crippen LogP contribution in [0, 0.1) is 0 Å². The first kappa shape index (κ1) is 17.4. The molecule has 5 aromatic rings. The average Bonchev–Trinajstić information content (AvgIpc) is 2.76. The lowest BCUT2D eigenvalue weighted by atomic mass is 9.92. The highest BCUT2D eigenvalue weighted by Gasteiger charge is 2.10. The number of hydrogen-bond acceptors (Lipinski definition) is 2. The smallest absolute Gasteiger partial charge is 0.185 e. The van der Waals surface area contributed by atoms with E-state index in [-0.39, 0.29) is 5.78 Å². The fraction of sp³-hybridized carbons (Fsp3) is 0.0741.